The maximum absolute atomic E-state index is 15.9. The van der Waals surface area contributed by atoms with Crippen LogP contribution in [0.1, 0.15) is 22.3 Å². The smallest absolute Gasteiger partial charge is 0.475 e. The molecule has 4 aromatic rings. The van der Waals surface area contributed by atoms with Crippen LogP contribution in [0.4, 0.5) is 40.1 Å². The average molecular weight is 726 g/mol. The molecular formula is C28H20ClF8N5O5S. The van der Waals surface area contributed by atoms with Crippen molar-refractivity contribution < 1.29 is 59.7 Å². The first-order chi connectivity index (χ1) is 22.3. The quantitative estimate of drug-likeness (QED) is 0.174. The Labute approximate surface area is 272 Å². The SMILES string of the molecule is N#Cc1c(N)sc2c(F)ccc(-c3c(F)cc4c5c3c(Cl)cn5CC[C@H]3CNCCN3C4=O)c12.O=C(O)C(F)(F)F.O=C(O)C(F)(F)F. The van der Waals surface area contributed by atoms with Gasteiger partial charge in [0.1, 0.15) is 22.7 Å². The molecule has 1 atom stereocenters. The number of rotatable bonds is 1. The predicted octanol–water partition coefficient (Wildman–Crippen LogP) is 5.99. The maximum Gasteiger partial charge on any atom is 0.490 e. The number of nitrogens with one attached hydrogen (secondary N) is 1. The number of benzene rings is 2. The number of nitrogen functional groups attached to an aromatic ring is 1. The number of aliphatic carboxylic acids is 2. The van der Waals surface area contributed by atoms with Crippen molar-refractivity contribution in [1.82, 2.24) is 14.8 Å². The predicted molar refractivity (Wildman–Crippen MR) is 157 cm³/mol. The molecule has 256 valence electrons. The average Bonchev–Trinajstić information content (AvgIpc) is 3.51. The van der Waals surface area contributed by atoms with Crippen LogP contribution in [-0.2, 0) is 16.1 Å². The zero-order valence-corrected chi connectivity index (χ0v) is 25.3. The maximum atomic E-state index is 15.9. The lowest BCUT2D eigenvalue weighted by Gasteiger charge is -2.38. The molecule has 10 nitrogen and oxygen atoms in total. The van der Waals surface area contributed by atoms with Crippen molar-refractivity contribution in [2.45, 2.75) is 31.4 Å². The highest BCUT2D eigenvalue weighted by Gasteiger charge is 2.39. The molecule has 6 rings (SSSR count). The standard InChI is InChI=1S/C24H18ClF2N5OS.2C2HF3O2/c25-15-10-31-5-3-11-9-30-4-6-32(11)24(33)13-7-17(27)19(20(15)21(13)31)12-1-2-16(26)22-18(12)14(8-28)23(29)34-22;2*3-2(4,5)1(6)7/h1-2,7,10-11,30H,3-6,9,29H2;2*(H,6,7)/t11-;;/m0../s1. The van der Waals surface area contributed by atoms with E-state index >= 15 is 4.39 Å². The number of anilines is 1. The number of amides is 1. The fourth-order valence-corrected chi connectivity index (χ4v) is 6.53. The Morgan fingerprint density at radius 2 is 1.62 bits per heavy atom. The van der Waals surface area contributed by atoms with E-state index in [9.17, 15) is 40.8 Å². The number of nitrogens with zero attached hydrogens (tertiary/aromatic N) is 3. The molecule has 4 heterocycles. The van der Waals surface area contributed by atoms with Gasteiger partial charge < -0.3 is 30.7 Å². The summed E-state index contributed by atoms with van der Waals surface area (Å²) in [5, 5.41) is 28.3. The van der Waals surface area contributed by atoms with Gasteiger partial charge in [-0.2, -0.15) is 31.6 Å². The summed E-state index contributed by atoms with van der Waals surface area (Å²) < 4.78 is 96.1. The molecule has 1 saturated heterocycles. The number of carboxylic acid groups (broad SMARTS) is 2. The third-order valence-corrected chi connectivity index (χ3v) is 8.59. The number of thiophene rings is 1. The molecule has 0 aliphatic carbocycles. The molecule has 2 aromatic carbocycles. The van der Waals surface area contributed by atoms with Crippen LogP contribution in [0.2, 0.25) is 5.02 Å². The molecule has 0 bridgehead atoms. The fourth-order valence-electron chi connectivity index (χ4n) is 5.28. The van der Waals surface area contributed by atoms with Crippen molar-refractivity contribution in [2.24, 2.45) is 0 Å². The molecule has 1 amide bonds. The van der Waals surface area contributed by atoms with Crippen LogP contribution in [0.3, 0.4) is 0 Å². The third kappa shape index (κ3) is 6.95. The molecular weight excluding hydrogens is 706 g/mol. The Morgan fingerprint density at radius 3 is 2.19 bits per heavy atom. The van der Waals surface area contributed by atoms with Gasteiger partial charge in [0.05, 0.1) is 26.4 Å². The van der Waals surface area contributed by atoms with Gasteiger partial charge in [0.25, 0.3) is 5.91 Å². The van der Waals surface area contributed by atoms with Gasteiger partial charge in [-0.15, -0.1) is 11.3 Å². The number of aromatic nitrogens is 1. The molecule has 5 N–H and O–H groups in total. The van der Waals surface area contributed by atoms with Crippen molar-refractivity contribution >= 4 is 66.8 Å². The number of hydrogen-bond donors (Lipinski definition) is 4. The minimum Gasteiger partial charge on any atom is -0.475 e. The first-order valence-electron chi connectivity index (χ1n) is 13.3. The summed E-state index contributed by atoms with van der Waals surface area (Å²) >= 11 is 7.62. The van der Waals surface area contributed by atoms with Gasteiger partial charge in [-0.05, 0) is 24.1 Å². The number of carboxylic acids is 2. The summed E-state index contributed by atoms with van der Waals surface area (Å²) in [5.74, 6) is -6.95. The first-order valence-corrected chi connectivity index (χ1v) is 14.5. The van der Waals surface area contributed by atoms with Crippen LogP contribution in [0.15, 0.2) is 24.4 Å². The zero-order chi connectivity index (χ0) is 35.9. The minimum atomic E-state index is -5.08. The lowest BCUT2D eigenvalue weighted by Crippen LogP contribution is -2.54. The number of aryl methyl sites for hydroxylation is 1. The van der Waals surface area contributed by atoms with E-state index in [1.807, 2.05) is 10.6 Å². The number of halogens is 9. The summed E-state index contributed by atoms with van der Waals surface area (Å²) in [4.78, 5) is 33.1. The highest BCUT2D eigenvalue weighted by molar-refractivity contribution is 7.23. The largest absolute Gasteiger partial charge is 0.490 e. The van der Waals surface area contributed by atoms with Crippen LogP contribution < -0.4 is 11.1 Å². The Hall–Kier alpha value is -4.67. The number of carbonyl (C=O) groups is 3. The number of nitriles is 1. The summed E-state index contributed by atoms with van der Waals surface area (Å²) in [6, 6.07) is 5.95. The molecule has 20 heteroatoms. The van der Waals surface area contributed by atoms with Crippen molar-refractivity contribution in [3.05, 3.63) is 52.2 Å². The second kappa shape index (κ2) is 13.4. The number of nitrogens with two attached hydrogens (primary N) is 1. The first kappa shape index (κ1) is 36.2. The van der Waals surface area contributed by atoms with E-state index < -0.39 is 35.9 Å². The summed E-state index contributed by atoms with van der Waals surface area (Å²) in [7, 11) is 0. The van der Waals surface area contributed by atoms with Crippen molar-refractivity contribution in [2.75, 3.05) is 25.4 Å². The van der Waals surface area contributed by atoms with Gasteiger partial charge in [-0.3, -0.25) is 4.79 Å². The number of piperazine rings is 1. The highest BCUT2D eigenvalue weighted by atomic mass is 35.5. The van der Waals surface area contributed by atoms with Gasteiger partial charge >= 0.3 is 24.3 Å². The van der Waals surface area contributed by atoms with Crippen molar-refractivity contribution in [3.63, 3.8) is 0 Å². The zero-order valence-electron chi connectivity index (χ0n) is 23.8. The van der Waals surface area contributed by atoms with E-state index in [0.717, 1.165) is 17.8 Å². The fraction of sp³-hybridized carbons (Fsp3) is 0.286. The van der Waals surface area contributed by atoms with Gasteiger partial charge in [0.2, 0.25) is 0 Å². The molecule has 48 heavy (non-hydrogen) atoms. The summed E-state index contributed by atoms with van der Waals surface area (Å²) in [6.45, 7) is 2.51. The van der Waals surface area contributed by atoms with E-state index in [4.69, 9.17) is 37.1 Å². The van der Waals surface area contributed by atoms with Crippen molar-refractivity contribution in [1.29, 1.82) is 5.26 Å². The van der Waals surface area contributed by atoms with E-state index in [1.54, 1.807) is 11.1 Å². The lowest BCUT2D eigenvalue weighted by molar-refractivity contribution is -0.193. The monoisotopic (exact) mass is 725 g/mol. The van der Waals surface area contributed by atoms with Crippen LogP contribution in [0.25, 0.3) is 32.1 Å². The Kier molecular flexibility index (Phi) is 10.1. The van der Waals surface area contributed by atoms with Crippen LogP contribution in [-0.4, -0.2) is 75.6 Å². The molecule has 2 aliphatic heterocycles. The summed E-state index contributed by atoms with van der Waals surface area (Å²) in [6.07, 6.45) is -7.73. The minimum absolute atomic E-state index is 0.0112. The van der Waals surface area contributed by atoms with E-state index in [2.05, 4.69) is 5.32 Å². The topological polar surface area (TPSA) is 162 Å². The molecule has 0 saturated carbocycles. The lowest BCUT2D eigenvalue weighted by atomic mass is 9.93. The van der Waals surface area contributed by atoms with Crippen LogP contribution in [0, 0.1) is 23.0 Å². The Morgan fingerprint density at radius 1 is 1.02 bits per heavy atom. The highest BCUT2D eigenvalue weighted by Crippen LogP contribution is 2.46. The molecule has 1 fully saturated rings. The molecule has 2 aromatic heterocycles. The number of hydrogen-bond acceptors (Lipinski definition) is 7. The number of alkyl halides is 6. The molecule has 2 aliphatic rings. The van der Waals surface area contributed by atoms with Crippen LogP contribution >= 0.6 is 22.9 Å². The molecule has 0 spiro atoms. The number of fused-ring (bicyclic) bond motifs is 2. The second-order valence-corrected chi connectivity index (χ2v) is 11.6. The Bertz CT molecular complexity index is 1960. The van der Waals surface area contributed by atoms with Gasteiger partial charge in [-0.25, -0.2) is 18.4 Å². The van der Waals surface area contributed by atoms with Gasteiger partial charge in [0.15, 0.2) is 0 Å². The van der Waals surface area contributed by atoms with E-state index in [1.165, 1.54) is 18.2 Å². The normalized spacial score (nSPS) is 16.1. The van der Waals surface area contributed by atoms with Crippen LogP contribution in [0.5, 0.6) is 0 Å². The molecule has 0 unspecified atom stereocenters. The number of carbonyl (C=O) groups excluding carboxylic acids is 1. The third-order valence-electron chi connectivity index (χ3n) is 7.28. The van der Waals surface area contributed by atoms with E-state index in [-0.39, 0.29) is 48.7 Å². The van der Waals surface area contributed by atoms with E-state index in [0.29, 0.717) is 42.6 Å². The summed E-state index contributed by atoms with van der Waals surface area (Å²) in [5.41, 5.74) is 7.33. The second-order valence-electron chi connectivity index (χ2n) is 10.2. The Balaban J connectivity index is 0.000000314. The van der Waals surface area contributed by atoms with Gasteiger partial charge in [0, 0.05) is 54.8 Å². The van der Waals surface area contributed by atoms with Gasteiger partial charge in [-0.1, -0.05) is 17.7 Å². The molecule has 0 radical (unpaired) electrons. The van der Waals surface area contributed by atoms with Crippen molar-refractivity contribution in [3.8, 4) is 17.2 Å².